The predicted octanol–water partition coefficient (Wildman–Crippen LogP) is 4.17. The highest BCUT2D eigenvalue weighted by atomic mass is 32.1. The van der Waals surface area contributed by atoms with Crippen molar-refractivity contribution in [1.82, 2.24) is 5.32 Å². The summed E-state index contributed by atoms with van der Waals surface area (Å²) in [5.74, 6) is 0.716. The number of rotatable bonds is 2. The molecule has 0 aliphatic heterocycles. The van der Waals surface area contributed by atoms with E-state index in [4.69, 9.17) is 12.2 Å². The van der Waals surface area contributed by atoms with Crippen LogP contribution in [0.15, 0.2) is 18.2 Å². The smallest absolute Gasteiger partial charge is 0.171 e. The summed E-state index contributed by atoms with van der Waals surface area (Å²) in [6.45, 7) is 6.53. The normalized spacial score (nSPS) is 22.9. The quantitative estimate of drug-likeness (QED) is 0.793. The molecule has 3 heteroatoms. The molecule has 0 unspecified atom stereocenters. The van der Waals surface area contributed by atoms with Gasteiger partial charge in [0.2, 0.25) is 0 Å². The molecule has 2 nitrogen and oxygen atoms in total. The van der Waals surface area contributed by atoms with Crippen LogP contribution in [-0.2, 0) is 0 Å². The Balaban J connectivity index is 1.93. The lowest BCUT2D eigenvalue weighted by atomic mass is 9.86. The molecule has 1 aromatic carbocycles. The van der Waals surface area contributed by atoms with Crippen molar-refractivity contribution >= 4 is 23.0 Å². The van der Waals surface area contributed by atoms with Crippen LogP contribution in [0.4, 0.5) is 5.69 Å². The molecule has 0 heterocycles. The summed E-state index contributed by atoms with van der Waals surface area (Å²) in [4.78, 5) is 0. The van der Waals surface area contributed by atoms with Gasteiger partial charge in [-0.2, -0.15) is 0 Å². The van der Waals surface area contributed by atoms with Crippen LogP contribution in [0.1, 0.15) is 43.7 Å². The van der Waals surface area contributed by atoms with E-state index in [1.807, 2.05) is 0 Å². The van der Waals surface area contributed by atoms with Crippen LogP contribution in [0.25, 0.3) is 0 Å². The van der Waals surface area contributed by atoms with E-state index in [1.165, 1.54) is 36.8 Å². The van der Waals surface area contributed by atoms with Gasteiger partial charge >= 0.3 is 0 Å². The Morgan fingerprint density at radius 2 is 1.74 bits per heavy atom. The fourth-order valence-electron chi connectivity index (χ4n) is 2.91. The lowest BCUT2D eigenvalue weighted by molar-refractivity contribution is 0.309. The Hall–Kier alpha value is -1.09. The zero-order chi connectivity index (χ0) is 13.8. The van der Waals surface area contributed by atoms with E-state index in [0.29, 0.717) is 12.0 Å². The Kier molecular flexibility index (Phi) is 4.81. The van der Waals surface area contributed by atoms with Crippen molar-refractivity contribution < 1.29 is 0 Å². The Morgan fingerprint density at radius 3 is 2.37 bits per heavy atom. The van der Waals surface area contributed by atoms with E-state index in [-0.39, 0.29) is 0 Å². The van der Waals surface area contributed by atoms with E-state index < -0.39 is 0 Å². The first-order valence-corrected chi connectivity index (χ1v) is 7.61. The van der Waals surface area contributed by atoms with Gasteiger partial charge in [-0.05, 0) is 68.1 Å². The van der Waals surface area contributed by atoms with Crippen molar-refractivity contribution in [1.29, 1.82) is 0 Å². The maximum Gasteiger partial charge on any atom is 0.171 e. The molecule has 0 radical (unpaired) electrons. The summed E-state index contributed by atoms with van der Waals surface area (Å²) in [7, 11) is 0. The molecule has 2 atom stereocenters. The third-order valence-corrected chi connectivity index (χ3v) is 4.13. The number of thiocarbonyl (C=S) groups is 1. The number of nitrogens with one attached hydrogen (secondary N) is 2. The lowest BCUT2D eigenvalue weighted by Gasteiger charge is -2.30. The van der Waals surface area contributed by atoms with Crippen LogP contribution >= 0.6 is 12.2 Å². The van der Waals surface area contributed by atoms with Gasteiger partial charge in [0.1, 0.15) is 0 Å². The van der Waals surface area contributed by atoms with Crippen LogP contribution in [0.2, 0.25) is 0 Å². The van der Waals surface area contributed by atoms with Crippen LogP contribution in [-0.4, -0.2) is 11.2 Å². The molecular formula is C16H24N2S. The van der Waals surface area contributed by atoms with E-state index in [0.717, 1.165) is 10.8 Å². The minimum Gasteiger partial charge on any atom is -0.359 e. The molecule has 2 rings (SSSR count). The lowest BCUT2D eigenvalue weighted by Crippen LogP contribution is -2.43. The first kappa shape index (κ1) is 14.3. The molecule has 104 valence electrons. The topological polar surface area (TPSA) is 24.1 Å². The van der Waals surface area contributed by atoms with Crippen molar-refractivity contribution in [3.63, 3.8) is 0 Å². The number of benzene rings is 1. The van der Waals surface area contributed by atoms with Gasteiger partial charge in [-0.25, -0.2) is 0 Å². The van der Waals surface area contributed by atoms with Crippen LogP contribution in [0.3, 0.4) is 0 Å². The Labute approximate surface area is 122 Å². The second kappa shape index (κ2) is 6.38. The van der Waals surface area contributed by atoms with Gasteiger partial charge < -0.3 is 10.6 Å². The summed E-state index contributed by atoms with van der Waals surface area (Å²) >= 11 is 5.43. The SMILES string of the molecule is Cc1cc(C)cc(NC(=S)N[C@@H]2CCCC[C@H]2C)c1. The van der Waals surface area contributed by atoms with Gasteiger partial charge in [-0.1, -0.05) is 25.8 Å². The zero-order valence-electron chi connectivity index (χ0n) is 12.1. The molecule has 0 amide bonds. The van der Waals surface area contributed by atoms with Crippen molar-refractivity contribution in [2.24, 2.45) is 5.92 Å². The molecule has 1 aliphatic carbocycles. The molecule has 0 aromatic heterocycles. The van der Waals surface area contributed by atoms with Crippen molar-refractivity contribution in [2.45, 2.75) is 52.5 Å². The third kappa shape index (κ3) is 4.20. The second-order valence-corrected chi connectivity index (χ2v) is 6.25. The molecular weight excluding hydrogens is 252 g/mol. The average Bonchev–Trinajstić information content (AvgIpc) is 2.30. The first-order valence-electron chi connectivity index (χ1n) is 7.20. The summed E-state index contributed by atoms with van der Waals surface area (Å²) in [5.41, 5.74) is 3.60. The number of hydrogen-bond acceptors (Lipinski definition) is 1. The minimum absolute atomic E-state index is 0.527. The summed E-state index contributed by atoms with van der Waals surface area (Å²) in [6, 6.07) is 6.96. The minimum atomic E-state index is 0.527. The first-order chi connectivity index (χ1) is 9.04. The van der Waals surface area contributed by atoms with Gasteiger partial charge in [-0.3, -0.25) is 0 Å². The van der Waals surface area contributed by atoms with Gasteiger partial charge in [0, 0.05) is 11.7 Å². The summed E-state index contributed by atoms with van der Waals surface area (Å²) < 4.78 is 0. The van der Waals surface area contributed by atoms with E-state index in [9.17, 15) is 0 Å². The monoisotopic (exact) mass is 276 g/mol. The van der Waals surface area contributed by atoms with E-state index in [2.05, 4.69) is 49.6 Å². The molecule has 0 bridgehead atoms. The van der Waals surface area contributed by atoms with Gasteiger partial charge in [-0.15, -0.1) is 0 Å². The highest BCUT2D eigenvalue weighted by Crippen LogP contribution is 2.23. The Morgan fingerprint density at radius 1 is 1.11 bits per heavy atom. The highest BCUT2D eigenvalue weighted by molar-refractivity contribution is 7.80. The molecule has 1 saturated carbocycles. The number of hydrogen-bond donors (Lipinski definition) is 2. The number of aryl methyl sites for hydroxylation is 2. The molecule has 19 heavy (non-hydrogen) atoms. The van der Waals surface area contributed by atoms with Crippen molar-refractivity contribution in [2.75, 3.05) is 5.32 Å². The van der Waals surface area contributed by atoms with Crippen molar-refractivity contribution in [3.8, 4) is 0 Å². The van der Waals surface area contributed by atoms with Crippen LogP contribution in [0, 0.1) is 19.8 Å². The molecule has 0 spiro atoms. The molecule has 0 saturated heterocycles. The van der Waals surface area contributed by atoms with Gasteiger partial charge in [0.25, 0.3) is 0 Å². The molecule has 1 aliphatic rings. The zero-order valence-corrected chi connectivity index (χ0v) is 12.9. The fourth-order valence-corrected chi connectivity index (χ4v) is 3.18. The third-order valence-electron chi connectivity index (χ3n) is 3.91. The van der Waals surface area contributed by atoms with Crippen molar-refractivity contribution in [3.05, 3.63) is 29.3 Å². The molecule has 1 aromatic rings. The maximum absolute atomic E-state index is 5.43. The van der Waals surface area contributed by atoms with Crippen LogP contribution < -0.4 is 10.6 Å². The second-order valence-electron chi connectivity index (χ2n) is 5.84. The standard InChI is InChI=1S/C16H24N2S/c1-11-8-12(2)10-14(9-11)17-16(19)18-15-7-5-4-6-13(15)3/h8-10,13,15H,4-7H2,1-3H3,(H2,17,18,19)/t13-,15-/m1/s1. The van der Waals surface area contributed by atoms with Gasteiger partial charge in [0.15, 0.2) is 5.11 Å². The number of anilines is 1. The summed E-state index contributed by atoms with van der Waals surface area (Å²) in [5, 5.41) is 7.54. The molecule has 2 N–H and O–H groups in total. The molecule has 1 fully saturated rings. The highest BCUT2D eigenvalue weighted by Gasteiger charge is 2.21. The Bertz CT molecular complexity index is 436. The van der Waals surface area contributed by atoms with E-state index in [1.54, 1.807) is 0 Å². The van der Waals surface area contributed by atoms with E-state index >= 15 is 0 Å². The predicted molar refractivity (Wildman–Crippen MR) is 86.7 cm³/mol. The van der Waals surface area contributed by atoms with Gasteiger partial charge in [0.05, 0.1) is 0 Å². The average molecular weight is 276 g/mol. The summed E-state index contributed by atoms with van der Waals surface area (Å²) in [6.07, 6.45) is 5.21. The largest absolute Gasteiger partial charge is 0.359 e. The fraction of sp³-hybridized carbons (Fsp3) is 0.562. The van der Waals surface area contributed by atoms with Crippen LogP contribution in [0.5, 0.6) is 0 Å². The maximum atomic E-state index is 5.43.